The number of fused-ring (bicyclic) bond motifs is 2. The van der Waals surface area contributed by atoms with E-state index in [2.05, 4.69) is 24.3 Å². The maximum Gasteiger partial charge on any atom is 0.269 e. The van der Waals surface area contributed by atoms with Crippen molar-refractivity contribution in [3.63, 3.8) is 0 Å². The summed E-state index contributed by atoms with van der Waals surface area (Å²) in [7, 11) is 0. The fraction of sp³-hybridized carbons (Fsp3) is 0.235. The van der Waals surface area contributed by atoms with Crippen molar-refractivity contribution < 1.29 is 0 Å². The van der Waals surface area contributed by atoms with Gasteiger partial charge in [-0.25, -0.2) is 0 Å². The lowest BCUT2D eigenvalue weighted by atomic mass is 9.88. The van der Waals surface area contributed by atoms with Gasteiger partial charge >= 0.3 is 0 Å². The zero-order chi connectivity index (χ0) is 13.5. The van der Waals surface area contributed by atoms with Gasteiger partial charge in [0.05, 0.1) is 16.1 Å². The molecule has 0 aliphatic heterocycles. The molecule has 1 aliphatic carbocycles. The van der Waals surface area contributed by atoms with Crippen molar-refractivity contribution in [1.82, 2.24) is 3.96 Å². The van der Waals surface area contributed by atoms with Crippen molar-refractivity contribution in [2.24, 2.45) is 0 Å². The molecule has 0 saturated heterocycles. The van der Waals surface area contributed by atoms with Gasteiger partial charge in [0.2, 0.25) is 0 Å². The number of benzene rings is 2. The van der Waals surface area contributed by atoms with Gasteiger partial charge in [-0.05, 0) is 42.5 Å². The molecule has 3 heteroatoms. The van der Waals surface area contributed by atoms with Crippen molar-refractivity contribution in [1.29, 1.82) is 0 Å². The van der Waals surface area contributed by atoms with Gasteiger partial charge in [0.25, 0.3) is 5.56 Å². The van der Waals surface area contributed by atoms with Crippen LogP contribution in [0.5, 0.6) is 0 Å². The first-order chi connectivity index (χ1) is 9.84. The molecule has 4 rings (SSSR count). The van der Waals surface area contributed by atoms with Crippen LogP contribution in [0.4, 0.5) is 0 Å². The summed E-state index contributed by atoms with van der Waals surface area (Å²) in [5, 5.41) is 0.848. The number of aryl methyl sites for hydroxylation is 1. The topological polar surface area (TPSA) is 22.0 Å². The molecule has 1 heterocycles. The number of hydrogen-bond acceptors (Lipinski definition) is 2. The molecule has 2 aromatic carbocycles. The van der Waals surface area contributed by atoms with Gasteiger partial charge in [-0.15, -0.1) is 0 Å². The highest BCUT2D eigenvalue weighted by Gasteiger charge is 2.24. The van der Waals surface area contributed by atoms with E-state index in [-0.39, 0.29) is 11.6 Å². The van der Waals surface area contributed by atoms with Crippen LogP contribution >= 0.6 is 11.5 Å². The summed E-state index contributed by atoms with van der Waals surface area (Å²) in [6.07, 6.45) is 3.35. The molecule has 2 nitrogen and oxygen atoms in total. The monoisotopic (exact) mass is 281 g/mol. The third-order valence-electron chi connectivity index (χ3n) is 4.14. The van der Waals surface area contributed by atoms with Crippen LogP contribution in [0.3, 0.4) is 0 Å². The predicted molar refractivity (Wildman–Crippen MR) is 83.6 cm³/mol. The molecule has 0 bridgehead atoms. The van der Waals surface area contributed by atoms with Crippen molar-refractivity contribution in [2.45, 2.75) is 25.3 Å². The molecule has 1 unspecified atom stereocenters. The third kappa shape index (κ3) is 1.74. The first kappa shape index (κ1) is 11.9. The van der Waals surface area contributed by atoms with E-state index in [1.54, 1.807) is 11.5 Å². The minimum Gasteiger partial charge on any atom is -0.268 e. The average molecular weight is 281 g/mol. The lowest BCUT2D eigenvalue weighted by Crippen LogP contribution is -2.23. The Morgan fingerprint density at radius 2 is 1.85 bits per heavy atom. The van der Waals surface area contributed by atoms with Crippen molar-refractivity contribution in [3.8, 4) is 0 Å². The van der Waals surface area contributed by atoms with E-state index >= 15 is 0 Å². The Kier molecular flexibility index (Phi) is 2.74. The lowest BCUT2D eigenvalue weighted by Gasteiger charge is -2.25. The fourth-order valence-corrected chi connectivity index (χ4v) is 4.30. The SMILES string of the molecule is O=c1c2ccccc2sn1C1CCCc2ccccc21. The second-order valence-electron chi connectivity index (χ2n) is 5.33. The normalized spacial score (nSPS) is 18.1. The van der Waals surface area contributed by atoms with Gasteiger partial charge < -0.3 is 0 Å². The van der Waals surface area contributed by atoms with Crippen LogP contribution in [0.2, 0.25) is 0 Å². The number of rotatable bonds is 1. The number of nitrogens with zero attached hydrogens (tertiary/aromatic N) is 1. The van der Waals surface area contributed by atoms with Crippen LogP contribution in [-0.4, -0.2) is 3.96 Å². The van der Waals surface area contributed by atoms with Crippen LogP contribution < -0.4 is 5.56 Å². The maximum atomic E-state index is 12.6. The van der Waals surface area contributed by atoms with E-state index in [1.807, 2.05) is 28.2 Å². The molecule has 1 atom stereocenters. The van der Waals surface area contributed by atoms with E-state index in [9.17, 15) is 4.79 Å². The van der Waals surface area contributed by atoms with E-state index in [0.717, 1.165) is 29.3 Å². The smallest absolute Gasteiger partial charge is 0.268 e. The Bertz CT molecular complexity index is 830. The van der Waals surface area contributed by atoms with E-state index < -0.39 is 0 Å². The number of hydrogen-bond donors (Lipinski definition) is 0. The predicted octanol–water partition coefficient (Wildman–Crippen LogP) is 3.99. The first-order valence-corrected chi connectivity index (χ1v) is 7.80. The zero-order valence-electron chi connectivity index (χ0n) is 11.1. The second kappa shape index (κ2) is 4.60. The van der Waals surface area contributed by atoms with E-state index in [4.69, 9.17) is 0 Å². The van der Waals surface area contributed by atoms with Gasteiger partial charge in [-0.1, -0.05) is 47.9 Å². The highest BCUT2D eigenvalue weighted by molar-refractivity contribution is 7.13. The molecule has 0 fully saturated rings. The molecule has 0 N–H and O–H groups in total. The minimum absolute atomic E-state index is 0.160. The van der Waals surface area contributed by atoms with Crippen LogP contribution in [-0.2, 0) is 6.42 Å². The summed E-state index contributed by atoms with van der Waals surface area (Å²) in [6, 6.07) is 16.7. The summed E-state index contributed by atoms with van der Waals surface area (Å²) in [5.41, 5.74) is 2.88. The highest BCUT2D eigenvalue weighted by atomic mass is 32.1. The third-order valence-corrected chi connectivity index (χ3v) is 5.30. The number of aromatic nitrogens is 1. The van der Waals surface area contributed by atoms with E-state index in [0.29, 0.717) is 0 Å². The van der Waals surface area contributed by atoms with Crippen molar-refractivity contribution >= 4 is 21.6 Å². The molecular formula is C17H15NOS. The molecule has 100 valence electrons. The molecular weight excluding hydrogens is 266 g/mol. The second-order valence-corrected chi connectivity index (χ2v) is 6.34. The maximum absolute atomic E-state index is 12.6. The molecule has 1 aromatic heterocycles. The molecule has 1 aliphatic rings. The summed E-state index contributed by atoms with van der Waals surface area (Å²) in [5.74, 6) is 0. The molecule has 0 spiro atoms. The summed E-state index contributed by atoms with van der Waals surface area (Å²) >= 11 is 1.60. The van der Waals surface area contributed by atoms with Gasteiger partial charge in [-0.3, -0.25) is 8.75 Å². The molecule has 20 heavy (non-hydrogen) atoms. The van der Waals surface area contributed by atoms with Gasteiger partial charge in [-0.2, -0.15) is 0 Å². The molecule has 0 amide bonds. The quantitative estimate of drug-likeness (QED) is 0.661. The van der Waals surface area contributed by atoms with E-state index in [1.165, 1.54) is 11.1 Å². The van der Waals surface area contributed by atoms with Crippen LogP contribution in [0.1, 0.15) is 30.0 Å². The molecule has 3 aromatic rings. The van der Waals surface area contributed by atoms with Crippen molar-refractivity contribution in [2.75, 3.05) is 0 Å². The van der Waals surface area contributed by atoms with Crippen LogP contribution in [0, 0.1) is 0 Å². The zero-order valence-corrected chi connectivity index (χ0v) is 11.9. The van der Waals surface area contributed by atoms with Gasteiger partial charge in [0.15, 0.2) is 0 Å². The Labute approximate surface area is 121 Å². The largest absolute Gasteiger partial charge is 0.269 e. The molecule has 0 radical (unpaired) electrons. The Balaban J connectivity index is 1.93. The first-order valence-electron chi connectivity index (χ1n) is 7.03. The van der Waals surface area contributed by atoms with Crippen LogP contribution in [0.25, 0.3) is 10.1 Å². The summed E-state index contributed by atoms with van der Waals surface area (Å²) in [6.45, 7) is 0. The summed E-state index contributed by atoms with van der Waals surface area (Å²) in [4.78, 5) is 12.6. The Hall–Kier alpha value is -1.87. The van der Waals surface area contributed by atoms with Crippen LogP contribution in [0.15, 0.2) is 53.3 Å². The summed E-state index contributed by atoms with van der Waals surface area (Å²) < 4.78 is 3.06. The minimum atomic E-state index is 0.160. The standard InChI is InChI=1S/C17H15NOS/c19-17-14-9-3-4-11-16(14)20-18(17)15-10-5-7-12-6-1-2-8-13(12)15/h1-4,6,8-9,11,15H,5,7,10H2. The van der Waals surface area contributed by atoms with Gasteiger partial charge in [0.1, 0.15) is 0 Å². The lowest BCUT2D eigenvalue weighted by molar-refractivity contribution is 0.509. The fourth-order valence-electron chi connectivity index (χ4n) is 3.17. The molecule has 0 saturated carbocycles. The van der Waals surface area contributed by atoms with Crippen molar-refractivity contribution in [3.05, 3.63) is 70.0 Å². The Morgan fingerprint density at radius 3 is 2.75 bits per heavy atom. The highest BCUT2D eigenvalue weighted by Crippen LogP contribution is 2.34. The average Bonchev–Trinajstić information content (AvgIpc) is 2.84. The Morgan fingerprint density at radius 1 is 1.05 bits per heavy atom. The van der Waals surface area contributed by atoms with Gasteiger partial charge in [0, 0.05) is 0 Å².